The molecule has 1 saturated heterocycles. The van der Waals surface area contributed by atoms with Crippen LogP contribution in [0.2, 0.25) is 0 Å². The Hall–Kier alpha value is -0.630. The molecule has 1 unspecified atom stereocenters. The normalized spacial score (nSPS) is 20.4. The molecule has 0 radical (unpaired) electrons. The van der Waals surface area contributed by atoms with E-state index in [2.05, 4.69) is 20.7 Å². The van der Waals surface area contributed by atoms with E-state index in [9.17, 15) is 8.42 Å². The zero-order valence-electron chi connectivity index (χ0n) is 10.4. The van der Waals surface area contributed by atoms with E-state index < -0.39 is 10.0 Å². The van der Waals surface area contributed by atoms with E-state index in [1.807, 2.05) is 0 Å². The van der Waals surface area contributed by atoms with Crippen molar-refractivity contribution in [2.45, 2.75) is 17.7 Å². The Morgan fingerprint density at radius 2 is 2.26 bits per heavy atom. The molecule has 1 atom stereocenters. The van der Waals surface area contributed by atoms with Gasteiger partial charge in [-0.2, -0.15) is 0 Å². The summed E-state index contributed by atoms with van der Waals surface area (Å²) in [7, 11) is -3.56. The smallest absolute Gasteiger partial charge is 0.242 e. The van der Waals surface area contributed by atoms with Crippen molar-refractivity contribution in [1.29, 1.82) is 0 Å². The number of ether oxygens (including phenoxy) is 1. The Bertz CT molecular complexity index is 542. The molecule has 7 heteroatoms. The van der Waals surface area contributed by atoms with E-state index in [1.54, 1.807) is 12.1 Å². The molecule has 0 saturated carbocycles. The fraction of sp³-hybridized carbons (Fsp3) is 0.500. The topological polar surface area (TPSA) is 81.4 Å². The first-order valence-electron chi connectivity index (χ1n) is 6.11. The molecule has 5 nitrogen and oxygen atoms in total. The summed E-state index contributed by atoms with van der Waals surface area (Å²) < 4.78 is 33.0. The molecular weight excluding hydrogens is 332 g/mol. The number of rotatable bonds is 4. The molecular formula is C12H17BrN2O3S. The fourth-order valence-electron chi connectivity index (χ4n) is 2.04. The average molecular weight is 349 g/mol. The number of benzene rings is 1. The van der Waals surface area contributed by atoms with Gasteiger partial charge in [-0.3, -0.25) is 0 Å². The van der Waals surface area contributed by atoms with Crippen molar-refractivity contribution in [2.75, 3.05) is 25.5 Å². The summed E-state index contributed by atoms with van der Waals surface area (Å²) in [4.78, 5) is 0.118. The monoisotopic (exact) mass is 348 g/mol. The van der Waals surface area contributed by atoms with Gasteiger partial charge in [0.05, 0.1) is 12.3 Å². The number of nitrogens with one attached hydrogen (secondary N) is 1. The van der Waals surface area contributed by atoms with Crippen LogP contribution < -0.4 is 10.5 Å². The lowest BCUT2D eigenvalue weighted by Crippen LogP contribution is -2.33. The molecule has 0 aromatic heterocycles. The predicted octanol–water partition coefficient (Wildman–Crippen LogP) is 1.74. The molecule has 2 rings (SSSR count). The van der Waals surface area contributed by atoms with Crippen molar-refractivity contribution in [1.82, 2.24) is 4.72 Å². The minimum Gasteiger partial charge on any atom is -0.398 e. The zero-order valence-corrected chi connectivity index (χ0v) is 12.8. The van der Waals surface area contributed by atoms with Crippen molar-refractivity contribution < 1.29 is 13.2 Å². The molecule has 1 heterocycles. The second kappa shape index (κ2) is 6.21. The summed E-state index contributed by atoms with van der Waals surface area (Å²) in [5.41, 5.74) is 5.98. The van der Waals surface area contributed by atoms with Gasteiger partial charge >= 0.3 is 0 Å². The maximum Gasteiger partial charge on any atom is 0.242 e. The van der Waals surface area contributed by atoms with Crippen LogP contribution in [0.1, 0.15) is 12.8 Å². The largest absolute Gasteiger partial charge is 0.398 e. The second-order valence-corrected chi connectivity index (χ2v) is 7.27. The van der Waals surface area contributed by atoms with Crippen LogP contribution in [-0.2, 0) is 14.8 Å². The number of nitrogens with two attached hydrogens (primary N) is 1. The zero-order chi connectivity index (χ0) is 13.9. The van der Waals surface area contributed by atoms with E-state index >= 15 is 0 Å². The highest BCUT2D eigenvalue weighted by molar-refractivity contribution is 9.10. The van der Waals surface area contributed by atoms with Gasteiger partial charge in [-0.1, -0.05) is 15.9 Å². The van der Waals surface area contributed by atoms with E-state index in [0.29, 0.717) is 13.2 Å². The van der Waals surface area contributed by atoms with Crippen LogP contribution in [0.25, 0.3) is 0 Å². The summed E-state index contributed by atoms with van der Waals surface area (Å²) in [6.07, 6.45) is 1.96. The number of hydrogen-bond acceptors (Lipinski definition) is 4. The van der Waals surface area contributed by atoms with E-state index in [-0.39, 0.29) is 16.5 Å². The Labute approximate surface area is 121 Å². The molecule has 106 valence electrons. The van der Waals surface area contributed by atoms with Crippen LogP contribution in [0.3, 0.4) is 0 Å². The van der Waals surface area contributed by atoms with Gasteiger partial charge in [0.15, 0.2) is 0 Å². The molecule has 0 amide bonds. The number of hydrogen-bond donors (Lipinski definition) is 2. The van der Waals surface area contributed by atoms with Crippen LogP contribution in [-0.4, -0.2) is 28.2 Å². The molecule has 0 bridgehead atoms. The van der Waals surface area contributed by atoms with E-state index in [4.69, 9.17) is 10.5 Å². The number of halogens is 1. The standard InChI is InChI=1S/C12H17BrN2O3S/c13-10-3-4-12(11(14)6-10)19(16,17)15-7-9-2-1-5-18-8-9/h3-4,6,9,15H,1-2,5,7-8,14H2. The Morgan fingerprint density at radius 1 is 1.47 bits per heavy atom. The molecule has 1 aliphatic rings. The van der Waals surface area contributed by atoms with Crippen molar-refractivity contribution in [2.24, 2.45) is 5.92 Å². The first-order valence-corrected chi connectivity index (χ1v) is 8.39. The molecule has 19 heavy (non-hydrogen) atoms. The van der Waals surface area contributed by atoms with Gasteiger partial charge in [0.1, 0.15) is 4.90 Å². The molecule has 0 aliphatic carbocycles. The minimum atomic E-state index is -3.56. The summed E-state index contributed by atoms with van der Waals surface area (Å²) in [6.45, 7) is 1.76. The highest BCUT2D eigenvalue weighted by Crippen LogP contribution is 2.23. The van der Waals surface area contributed by atoms with Crippen LogP contribution >= 0.6 is 15.9 Å². The van der Waals surface area contributed by atoms with Gasteiger partial charge in [-0.05, 0) is 37.0 Å². The summed E-state index contributed by atoms with van der Waals surface area (Å²) in [5.74, 6) is 0.236. The fourth-order valence-corrected chi connectivity index (χ4v) is 3.64. The maximum atomic E-state index is 12.2. The van der Waals surface area contributed by atoms with Crippen molar-refractivity contribution in [3.05, 3.63) is 22.7 Å². The number of anilines is 1. The van der Waals surface area contributed by atoms with Crippen molar-refractivity contribution in [3.63, 3.8) is 0 Å². The summed E-state index contributed by atoms with van der Waals surface area (Å²) in [6, 6.07) is 4.74. The van der Waals surface area contributed by atoms with Crippen LogP contribution in [0.15, 0.2) is 27.6 Å². The molecule has 1 aromatic rings. The molecule has 1 fully saturated rings. The lowest BCUT2D eigenvalue weighted by molar-refractivity contribution is 0.0568. The lowest BCUT2D eigenvalue weighted by atomic mass is 10.0. The van der Waals surface area contributed by atoms with Gasteiger partial charge in [0, 0.05) is 17.6 Å². The highest BCUT2D eigenvalue weighted by Gasteiger charge is 2.20. The average Bonchev–Trinajstić information content (AvgIpc) is 2.37. The third-order valence-electron chi connectivity index (χ3n) is 3.08. The minimum absolute atomic E-state index is 0.118. The van der Waals surface area contributed by atoms with Gasteiger partial charge < -0.3 is 10.5 Å². The van der Waals surface area contributed by atoms with Crippen LogP contribution in [0.5, 0.6) is 0 Å². The predicted molar refractivity (Wildman–Crippen MR) is 77.3 cm³/mol. The van der Waals surface area contributed by atoms with Crippen molar-refractivity contribution in [3.8, 4) is 0 Å². The first-order chi connectivity index (χ1) is 8.99. The lowest BCUT2D eigenvalue weighted by Gasteiger charge is -2.22. The number of sulfonamides is 1. The van der Waals surface area contributed by atoms with E-state index in [1.165, 1.54) is 6.07 Å². The molecule has 0 spiro atoms. The molecule has 1 aromatic carbocycles. The number of nitrogen functional groups attached to an aromatic ring is 1. The van der Waals surface area contributed by atoms with Gasteiger partial charge in [-0.25, -0.2) is 13.1 Å². The second-order valence-electron chi connectivity index (χ2n) is 4.62. The molecule has 1 aliphatic heterocycles. The third kappa shape index (κ3) is 3.92. The summed E-state index contributed by atoms with van der Waals surface area (Å²) >= 11 is 3.25. The van der Waals surface area contributed by atoms with Crippen molar-refractivity contribution >= 4 is 31.6 Å². The van der Waals surface area contributed by atoms with E-state index in [0.717, 1.165) is 23.9 Å². The Kier molecular flexibility index (Phi) is 4.83. The molecule has 3 N–H and O–H groups in total. The van der Waals surface area contributed by atoms with Crippen LogP contribution in [0.4, 0.5) is 5.69 Å². The Balaban J connectivity index is 2.05. The van der Waals surface area contributed by atoms with Crippen LogP contribution in [0, 0.1) is 5.92 Å². The third-order valence-corrected chi connectivity index (χ3v) is 5.07. The summed E-state index contributed by atoms with van der Waals surface area (Å²) in [5, 5.41) is 0. The van der Waals surface area contributed by atoms with Gasteiger partial charge in [0.25, 0.3) is 0 Å². The first kappa shape index (κ1) is 14.8. The quantitative estimate of drug-likeness (QED) is 0.812. The Morgan fingerprint density at radius 3 is 2.89 bits per heavy atom. The highest BCUT2D eigenvalue weighted by atomic mass is 79.9. The van der Waals surface area contributed by atoms with Gasteiger partial charge in [0.2, 0.25) is 10.0 Å². The van der Waals surface area contributed by atoms with Gasteiger partial charge in [-0.15, -0.1) is 0 Å². The maximum absolute atomic E-state index is 12.2. The SMILES string of the molecule is Nc1cc(Br)ccc1S(=O)(=O)NCC1CCCOC1.